The van der Waals surface area contributed by atoms with Gasteiger partial charge in [-0.2, -0.15) is 0 Å². The summed E-state index contributed by atoms with van der Waals surface area (Å²) >= 11 is 0. The summed E-state index contributed by atoms with van der Waals surface area (Å²) in [4.78, 5) is 0. The number of fused-ring (bicyclic) bond motifs is 1. The van der Waals surface area contributed by atoms with Crippen LogP contribution in [-0.2, 0) is 16.3 Å². The molecule has 4 rings (SSSR count). The Morgan fingerprint density at radius 2 is 1.48 bits per heavy atom. The largest absolute Gasteiger partial charge is 0.540 e. The van der Waals surface area contributed by atoms with Crippen LogP contribution in [0.15, 0.2) is 91.2 Å². The number of aryl methyl sites for hydroxylation is 1. The summed E-state index contributed by atoms with van der Waals surface area (Å²) in [6.45, 7) is 9.27. The maximum absolute atomic E-state index is 7.03. The predicted octanol–water partition coefficient (Wildman–Crippen LogP) is 6.38. The maximum atomic E-state index is 7.03. The summed E-state index contributed by atoms with van der Waals surface area (Å²) in [5.41, 5.74) is 2.70. The predicted molar refractivity (Wildman–Crippen MR) is 141 cm³/mol. The quantitative estimate of drug-likeness (QED) is 0.316. The summed E-state index contributed by atoms with van der Waals surface area (Å²) in [5, 5.41) is 2.54. The molecule has 172 valence electrons. The van der Waals surface area contributed by atoms with Gasteiger partial charge in [-0.15, -0.1) is 0 Å². The molecule has 0 unspecified atom stereocenters. The number of hydrogen-bond acceptors (Lipinski definition) is 2. The molecule has 33 heavy (non-hydrogen) atoms. The minimum absolute atomic E-state index is 0.0470. The molecule has 3 heteroatoms. The fraction of sp³-hybridized carbons (Fsp3) is 0.333. The van der Waals surface area contributed by atoms with Crippen LogP contribution in [0.3, 0.4) is 0 Å². The molecule has 0 aromatic heterocycles. The standard InChI is InChI=1S/C30H36O2Si/c1-29(2,3)33(26-14-8-6-9-15-26,27-16-10-7-11-17-27)32-22-21-30(4)20-12-13-24-18-19-25(31-5)23-28(24)30/h6-11,14-19,21-23H,12-13,20H2,1-5H3/b22-21+/t30-/m0/s1. The SMILES string of the molecule is COc1ccc2c(c1)[C@](C)(/C=C/O[Si](c1ccccc1)(c1ccccc1)C(C)(C)C)CCC2. The molecule has 0 N–H and O–H groups in total. The topological polar surface area (TPSA) is 18.5 Å². The van der Waals surface area contributed by atoms with Crippen molar-refractivity contribution < 1.29 is 9.16 Å². The Balaban J connectivity index is 1.78. The van der Waals surface area contributed by atoms with Crippen LogP contribution in [0.2, 0.25) is 5.04 Å². The van der Waals surface area contributed by atoms with E-state index < -0.39 is 8.32 Å². The first-order valence-corrected chi connectivity index (χ1v) is 13.8. The fourth-order valence-electron chi connectivity index (χ4n) is 5.36. The van der Waals surface area contributed by atoms with E-state index in [0.29, 0.717) is 0 Å². The number of ether oxygens (including phenoxy) is 1. The highest BCUT2D eigenvalue weighted by Crippen LogP contribution is 2.41. The van der Waals surface area contributed by atoms with E-state index in [4.69, 9.17) is 9.16 Å². The zero-order valence-electron chi connectivity index (χ0n) is 20.6. The van der Waals surface area contributed by atoms with Crippen molar-refractivity contribution in [1.29, 1.82) is 0 Å². The molecule has 3 aromatic rings. The lowest BCUT2D eigenvalue weighted by atomic mass is 9.71. The van der Waals surface area contributed by atoms with Gasteiger partial charge in [0, 0.05) is 5.41 Å². The van der Waals surface area contributed by atoms with Gasteiger partial charge in [-0.3, -0.25) is 0 Å². The molecular formula is C30H36O2Si. The van der Waals surface area contributed by atoms with Crippen molar-refractivity contribution in [2.75, 3.05) is 7.11 Å². The normalized spacial score (nSPS) is 18.7. The van der Waals surface area contributed by atoms with Gasteiger partial charge < -0.3 is 9.16 Å². The number of rotatable bonds is 6. The van der Waals surface area contributed by atoms with E-state index in [1.54, 1.807) is 7.11 Å². The third kappa shape index (κ3) is 4.39. The Labute approximate surface area is 200 Å². The lowest BCUT2D eigenvalue weighted by Crippen LogP contribution is -2.65. The van der Waals surface area contributed by atoms with Crippen LogP contribution in [0.25, 0.3) is 0 Å². The summed E-state index contributed by atoms with van der Waals surface area (Å²) < 4.78 is 12.6. The van der Waals surface area contributed by atoms with Gasteiger partial charge in [0.2, 0.25) is 0 Å². The van der Waals surface area contributed by atoms with E-state index in [2.05, 4.69) is 113 Å². The van der Waals surface area contributed by atoms with Gasteiger partial charge in [0.25, 0.3) is 0 Å². The van der Waals surface area contributed by atoms with Crippen molar-refractivity contribution in [2.45, 2.75) is 57.4 Å². The summed E-state index contributed by atoms with van der Waals surface area (Å²) in [6.07, 6.45) is 7.72. The Morgan fingerprint density at radius 1 is 0.879 bits per heavy atom. The van der Waals surface area contributed by atoms with Gasteiger partial charge >= 0.3 is 8.32 Å². The summed E-state index contributed by atoms with van der Waals surface area (Å²) in [6, 6.07) is 28.1. The van der Waals surface area contributed by atoms with Crippen LogP contribution >= 0.6 is 0 Å². The van der Waals surface area contributed by atoms with Gasteiger partial charge in [0.05, 0.1) is 13.4 Å². The van der Waals surface area contributed by atoms with Crippen LogP contribution < -0.4 is 15.1 Å². The molecule has 0 fully saturated rings. The van der Waals surface area contributed by atoms with Crippen LogP contribution in [0.1, 0.15) is 51.7 Å². The molecule has 2 nitrogen and oxygen atoms in total. The molecule has 0 bridgehead atoms. The Morgan fingerprint density at radius 3 is 2.03 bits per heavy atom. The highest BCUT2D eigenvalue weighted by molar-refractivity contribution is 6.99. The molecule has 3 aromatic carbocycles. The molecule has 1 aliphatic rings. The number of methoxy groups -OCH3 is 1. The van der Waals surface area contributed by atoms with Gasteiger partial charge in [-0.1, -0.05) is 94.4 Å². The average Bonchev–Trinajstić information content (AvgIpc) is 2.82. The summed E-state index contributed by atoms with van der Waals surface area (Å²) in [5.74, 6) is 0.920. The Kier molecular flexibility index (Phi) is 6.53. The average molecular weight is 457 g/mol. The lowest BCUT2D eigenvalue weighted by Gasteiger charge is -2.42. The highest BCUT2D eigenvalue weighted by Gasteiger charge is 2.51. The first-order chi connectivity index (χ1) is 15.8. The van der Waals surface area contributed by atoms with E-state index >= 15 is 0 Å². The number of allylic oxidation sites excluding steroid dienone is 1. The highest BCUT2D eigenvalue weighted by atomic mass is 28.4. The van der Waals surface area contributed by atoms with Gasteiger partial charge in [-0.25, -0.2) is 0 Å². The second-order valence-corrected chi connectivity index (χ2v) is 14.6. The van der Waals surface area contributed by atoms with Crippen LogP contribution in [0.5, 0.6) is 5.75 Å². The second-order valence-electron chi connectivity index (χ2n) is 10.4. The van der Waals surface area contributed by atoms with Crippen LogP contribution in [-0.4, -0.2) is 15.4 Å². The third-order valence-corrected chi connectivity index (χ3v) is 12.1. The van der Waals surface area contributed by atoms with E-state index in [-0.39, 0.29) is 10.5 Å². The van der Waals surface area contributed by atoms with E-state index in [1.807, 2.05) is 6.26 Å². The molecule has 1 atom stereocenters. The molecule has 0 amide bonds. The molecule has 0 heterocycles. The Hall–Kier alpha value is -2.78. The van der Waals surface area contributed by atoms with Crippen molar-refractivity contribution in [1.82, 2.24) is 0 Å². The zero-order chi connectivity index (χ0) is 23.5. The van der Waals surface area contributed by atoms with Crippen molar-refractivity contribution in [3.8, 4) is 5.75 Å². The first-order valence-electron chi connectivity index (χ1n) is 11.9. The van der Waals surface area contributed by atoms with Crippen molar-refractivity contribution in [3.63, 3.8) is 0 Å². The number of hydrogen-bond donors (Lipinski definition) is 0. The molecular weight excluding hydrogens is 420 g/mol. The first kappa shape index (κ1) is 23.4. The van der Waals surface area contributed by atoms with Crippen LogP contribution in [0, 0.1) is 0 Å². The van der Waals surface area contributed by atoms with E-state index in [9.17, 15) is 0 Å². The van der Waals surface area contributed by atoms with Gasteiger partial charge in [0.15, 0.2) is 0 Å². The fourth-order valence-corrected chi connectivity index (χ4v) is 9.65. The molecule has 0 saturated carbocycles. The molecule has 0 radical (unpaired) electrons. The maximum Gasteiger partial charge on any atom is 0.319 e. The zero-order valence-corrected chi connectivity index (χ0v) is 21.6. The van der Waals surface area contributed by atoms with E-state index in [0.717, 1.165) is 18.6 Å². The molecule has 0 saturated heterocycles. The molecule has 0 spiro atoms. The van der Waals surface area contributed by atoms with Gasteiger partial charge in [-0.05, 0) is 64.0 Å². The van der Waals surface area contributed by atoms with Crippen molar-refractivity contribution in [2.24, 2.45) is 0 Å². The summed E-state index contributed by atoms with van der Waals surface area (Å²) in [7, 11) is -0.848. The second kappa shape index (κ2) is 9.22. The lowest BCUT2D eigenvalue weighted by molar-refractivity contribution is 0.405. The number of benzene rings is 3. The smallest absolute Gasteiger partial charge is 0.319 e. The molecule has 1 aliphatic carbocycles. The van der Waals surface area contributed by atoms with Gasteiger partial charge in [0.1, 0.15) is 5.75 Å². The van der Waals surface area contributed by atoms with E-state index in [1.165, 1.54) is 27.9 Å². The Bertz CT molecular complexity index is 1060. The van der Waals surface area contributed by atoms with Crippen LogP contribution in [0.4, 0.5) is 0 Å². The third-order valence-electron chi connectivity index (χ3n) is 7.17. The minimum Gasteiger partial charge on any atom is -0.540 e. The molecule has 0 aliphatic heterocycles. The monoisotopic (exact) mass is 456 g/mol. The van der Waals surface area contributed by atoms with Crippen molar-refractivity contribution in [3.05, 3.63) is 102 Å². The van der Waals surface area contributed by atoms with Crippen molar-refractivity contribution >= 4 is 18.7 Å². The minimum atomic E-state index is -2.59.